The molecule has 0 fully saturated rings. The Hall–Kier alpha value is -6.78. The number of anilines is 5. The number of nitrogens with zero attached hydrogens (tertiary/aromatic N) is 2. The number of ether oxygens (including phenoxy) is 1. The van der Waals surface area contributed by atoms with Crippen molar-refractivity contribution in [1.29, 1.82) is 0 Å². The number of fused-ring (bicyclic) bond motifs is 15. The van der Waals surface area contributed by atoms with Crippen LogP contribution in [0, 0.1) is 0 Å². The van der Waals surface area contributed by atoms with Crippen LogP contribution in [0.4, 0.5) is 28.4 Å². The number of hydrogen-bond acceptors (Lipinski definition) is 3. The van der Waals surface area contributed by atoms with Crippen LogP contribution in [0.1, 0.15) is 22.3 Å². The second-order valence-electron chi connectivity index (χ2n) is 14.8. The molecule has 3 nitrogen and oxygen atoms in total. The van der Waals surface area contributed by atoms with Crippen LogP contribution >= 0.6 is 0 Å². The highest BCUT2D eigenvalue weighted by atomic mass is 16.5. The zero-order valence-electron chi connectivity index (χ0n) is 28.6. The van der Waals surface area contributed by atoms with Crippen LogP contribution in [0.25, 0.3) is 33.4 Å². The third-order valence-electron chi connectivity index (χ3n) is 12.4. The largest absolute Gasteiger partial charge is 0.453 e. The molecule has 1 spiro atoms. The molecule has 0 atom stereocenters. The molecule has 0 saturated carbocycles. The van der Waals surface area contributed by atoms with Gasteiger partial charge in [0.05, 0.1) is 22.5 Å². The van der Waals surface area contributed by atoms with Crippen LogP contribution in [0.15, 0.2) is 176 Å². The van der Waals surface area contributed by atoms with Crippen molar-refractivity contribution in [2.75, 3.05) is 9.71 Å². The van der Waals surface area contributed by atoms with Gasteiger partial charge in [-0.15, -0.1) is 0 Å². The van der Waals surface area contributed by atoms with Crippen molar-refractivity contribution < 1.29 is 4.74 Å². The van der Waals surface area contributed by atoms with E-state index in [-0.39, 0.29) is 6.85 Å². The Morgan fingerprint density at radius 1 is 0.415 bits per heavy atom. The molecule has 0 aromatic heterocycles. The lowest BCUT2D eigenvalue weighted by Crippen LogP contribution is -2.63. The normalized spacial score (nSPS) is 15.0. The van der Waals surface area contributed by atoms with Gasteiger partial charge in [0.2, 0.25) is 0 Å². The molecule has 0 amide bonds. The fourth-order valence-electron chi connectivity index (χ4n) is 10.5. The van der Waals surface area contributed by atoms with E-state index in [1.807, 2.05) is 0 Å². The molecule has 13 rings (SSSR count). The van der Waals surface area contributed by atoms with E-state index in [2.05, 4.69) is 186 Å². The lowest BCUT2D eigenvalue weighted by atomic mass is 9.42. The van der Waals surface area contributed by atoms with Gasteiger partial charge >= 0.3 is 6.85 Å². The van der Waals surface area contributed by atoms with E-state index >= 15 is 0 Å². The summed E-state index contributed by atoms with van der Waals surface area (Å²) in [6.45, 7) is -0.0797. The average Bonchev–Trinajstić information content (AvgIpc) is 3.52. The minimum atomic E-state index is -0.482. The molecule has 4 heteroatoms. The SMILES string of the molecule is c1ccc(-c2cc3c4c(c2)N2c5ccccc5C5(c6ccccc6-c6ccccc65)c5cccc(c52)B4N2c4ccccc4Oc4cccc-3c42)cc1. The molecule has 0 unspecified atom stereocenters. The van der Waals surface area contributed by atoms with E-state index in [1.165, 1.54) is 83.6 Å². The van der Waals surface area contributed by atoms with Crippen LogP contribution in [-0.2, 0) is 5.41 Å². The summed E-state index contributed by atoms with van der Waals surface area (Å²) < 4.78 is 6.71. The predicted octanol–water partition coefficient (Wildman–Crippen LogP) is 10.8. The van der Waals surface area contributed by atoms with Gasteiger partial charge in [-0.3, -0.25) is 0 Å². The number of rotatable bonds is 1. The molecule has 0 N–H and O–H groups in total. The van der Waals surface area contributed by atoms with E-state index in [4.69, 9.17) is 4.74 Å². The highest BCUT2D eigenvalue weighted by molar-refractivity contribution is 6.94. The minimum Gasteiger partial charge on any atom is -0.453 e. The maximum absolute atomic E-state index is 6.71. The Labute approximate surface area is 308 Å². The lowest BCUT2D eigenvalue weighted by Gasteiger charge is -2.52. The van der Waals surface area contributed by atoms with E-state index in [0.717, 1.165) is 22.9 Å². The van der Waals surface area contributed by atoms with Gasteiger partial charge in [0, 0.05) is 16.9 Å². The van der Waals surface area contributed by atoms with Crippen molar-refractivity contribution in [3.63, 3.8) is 0 Å². The van der Waals surface area contributed by atoms with E-state index < -0.39 is 5.41 Å². The third kappa shape index (κ3) is 3.25. The van der Waals surface area contributed by atoms with Crippen molar-refractivity contribution in [2.45, 2.75) is 5.41 Å². The standard InChI is InChI=1S/C49H29BN2O/c1-2-14-30(15-3-1)31-28-35-34-18-12-27-45-47(34)52(42-25-10-11-26-44(42)53-45)50-40-23-13-22-39-48(40)51(43(29-31)46(35)50)41-24-9-8-21-38(41)49(39)36-19-6-4-16-32(36)33-17-5-7-20-37(33)49/h1-29H. The fraction of sp³-hybridized carbons (Fsp3) is 0.0204. The zero-order valence-corrected chi connectivity index (χ0v) is 28.6. The smallest absolute Gasteiger partial charge is 0.333 e. The molecule has 0 radical (unpaired) electrons. The van der Waals surface area contributed by atoms with Crippen LogP contribution < -0.4 is 25.4 Å². The Morgan fingerprint density at radius 3 is 1.85 bits per heavy atom. The number of para-hydroxylation sites is 5. The van der Waals surface area contributed by atoms with Gasteiger partial charge < -0.3 is 14.4 Å². The van der Waals surface area contributed by atoms with Gasteiger partial charge in [0.15, 0.2) is 5.75 Å². The molecule has 4 aliphatic heterocycles. The van der Waals surface area contributed by atoms with Crippen LogP contribution in [-0.4, -0.2) is 6.85 Å². The van der Waals surface area contributed by atoms with Gasteiger partial charge in [-0.2, -0.15) is 0 Å². The van der Waals surface area contributed by atoms with Gasteiger partial charge in [-0.1, -0.05) is 140 Å². The first-order valence-electron chi connectivity index (χ1n) is 18.5. The van der Waals surface area contributed by atoms with E-state index in [0.29, 0.717) is 0 Å². The summed E-state index contributed by atoms with van der Waals surface area (Å²) in [4.78, 5) is 5.19. The first-order chi connectivity index (χ1) is 26.3. The first kappa shape index (κ1) is 27.9. The summed E-state index contributed by atoms with van der Waals surface area (Å²) >= 11 is 0. The van der Waals surface area contributed by atoms with Crippen molar-refractivity contribution in [1.82, 2.24) is 0 Å². The van der Waals surface area contributed by atoms with Gasteiger partial charge in [-0.25, -0.2) is 0 Å². The molecule has 53 heavy (non-hydrogen) atoms. The van der Waals surface area contributed by atoms with E-state index in [9.17, 15) is 0 Å². The summed E-state index contributed by atoms with van der Waals surface area (Å²) in [5.74, 6) is 1.78. The highest BCUT2D eigenvalue weighted by Gasteiger charge is 2.56. The molecule has 244 valence electrons. The summed E-state index contributed by atoms with van der Waals surface area (Å²) in [7, 11) is 0. The molecular formula is C49H29BN2O. The maximum Gasteiger partial charge on any atom is 0.333 e. The molecule has 0 saturated heterocycles. The molecule has 0 bridgehead atoms. The lowest BCUT2D eigenvalue weighted by molar-refractivity contribution is 0.478. The van der Waals surface area contributed by atoms with Gasteiger partial charge in [0.25, 0.3) is 0 Å². The van der Waals surface area contributed by atoms with Crippen molar-refractivity contribution in [2.24, 2.45) is 0 Å². The van der Waals surface area contributed by atoms with Crippen LogP contribution in [0.3, 0.4) is 0 Å². The summed E-state index contributed by atoms with van der Waals surface area (Å²) in [5, 5.41) is 0. The third-order valence-corrected chi connectivity index (χ3v) is 12.4. The second-order valence-corrected chi connectivity index (χ2v) is 14.8. The topological polar surface area (TPSA) is 15.7 Å². The molecular weight excluding hydrogens is 643 g/mol. The quantitative estimate of drug-likeness (QED) is 0.162. The summed E-state index contributed by atoms with van der Waals surface area (Å²) in [6.07, 6.45) is 0. The molecule has 8 aromatic carbocycles. The highest BCUT2D eigenvalue weighted by Crippen LogP contribution is 2.64. The van der Waals surface area contributed by atoms with Crippen LogP contribution in [0.2, 0.25) is 0 Å². The molecule has 5 aliphatic rings. The summed E-state index contributed by atoms with van der Waals surface area (Å²) in [5.41, 5.74) is 20.9. The average molecular weight is 673 g/mol. The maximum atomic E-state index is 6.71. The minimum absolute atomic E-state index is 0.0797. The molecule has 1 aliphatic carbocycles. The Bertz CT molecular complexity index is 2870. The van der Waals surface area contributed by atoms with Crippen molar-refractivity contribution in [3.05, 3.63) is 198 Å². The molecule has 8 aromatic rings. The number of benzene rings is 8. The first-order valence-corrected chi connectivity index (χ1v) is 18.5. The second kappa shape index (κ2) is 9.75. The van der Waals surface area contributed by atoms with E-state index in [1.54, 1.807) is 0 Å². The Balaban J connectivity index is 1.22. The predicted molar refractivity (Wildman–Crippen MR) is 217 cm³/mol. The fourth-order valence-corrected chi connectivity index (χ4v) is 10.5. The Morgan fingerprint density at radius 2 is 1.04 bits per heavy atom. The number of hydrogen-bond donors (Lipinski definition) is 0. The Kier molecular flexibility index (Phi) is 5.13. The van der Waals surface area contributed by atoms with Gasteiger partial charge in [-0.05, 0) is 97.4 Å². The van der Waals surface area contributed by atoms with Crippen LogP contribution in [0.5, 0.6) is 11.5 Å². The van der Waals surface area contributed by atoms with Crippen molar-refractivity contribution >= 4 is 46.2 Å². The van der Waals surface area contributed by atoms with Gasteiger partial charge in [0.1, 0.15) is 5.75 Å². The zero-order chi connectivity index (χ0) is 34.4. The summed E-state index contributed by atoms with van der Waals surface area (Å²) in [6, 6.07) is 65.2. The van der Waals surface area contributed by atoms with Crippen molar-refractivity contribution in [3.8, 4) is 44.9 Å². The molecule has 4 heterocycles. The monoisotopic (exact) mass is 672 g/mol.